The van der Waals surface area contributed by atoms with Crippen LogP contribution < -0.4 is 171 Å². The smallest absolute Gasteiger partial charge is 0.894 e. The van der Waals surface area contributed by atoms with Gasteiger partial charge in [0.25, 0.3) is 0 Å². The molecule has 0 aromatic rings. The van der Waals surface area contributed by atoms with Crippen molar-refractivity contribution in [3.63, 3.8) is 0 Å². The van der Waals surface area contributed by atoms with Gasteiger partial charge in [0.2, 0.25) is 0 Å². The Bertz CT molecular complexity index is 218. The summed E-state index contributed by atoms with van der Waals surface area (Å²) in [5, 5.41) is 0. The fourth-order valence-electron chi connectivity index (χ4n) is 0. The molecule has 37 heavy (non-hydrogen) atoms. The van der Waals surface area contributed by atoms with E-state index in [0.29, 0.717) is 0 Å². The van der Waals surface area contributed by atoms with Crippen LogP contribution in [0.15, 0.2) is 0 Å². The molecule has 0 fully saturated rings. The van der Waals surface area contributed by atoms with Gasteiger partial charge in [-0.1, -0.05) is 0 Å². The van der Waals surface area contributed by atoms with Crippen molar-refractivity contribution >= 4 is 137 Å². The Kier molecular flexibility index (Phi) is 170. The van der Waals surface area contributed by atoms with Gasteiger partial charge in [-0.25, -0.2) is 0 Å². The van der Waals surface area contributed by atoms with Crippen LogP contribution in [-0.4, -0.2) is 137 Å². The Morgan fingerprint density at radius 1 is 0.189 bits per heavy atom. The average Bonchev–Trinajstić information content (AvgIpc) is 1.79. The van der Waals surface area contributed by atoms with Gasteiger partial charge in [0, 0.05) is 0 Å². The van der Waals surface area contributed by atoms with Crippen LogP contribution in [-0.2, 0) is 77.9 Å². The first-order valence-electron chi connectivity index (χ1n) is 4.08. The van der Waals surface area contributed by atoms with Crippen molar-refractivity contribution in [1.82, 2.24) is 0 Å². The molecule has 160 valence electrons. The molecule has 0 aliphatic rings. The Hall–Kier alpha value is 8.23. The van der Waals surface area contributed by atoms with Crippen molar-refractivity contribution < 1.29 is 249 Å². The molecule has 0 aromatic heterocycles. The summed E-state index contributed by atoms with van der Waals surface area (Å²) in [4.78, 5) is 172. The van der Waals surface area contributed by atoms with Gasteiger partial charge in [-0.2, -0.15) is 0 Å². The van der Waals surface area contributed by atoms with Gasteiger partial charge < -0.3 is 141 Å². The van der Waals surface area contributed by atoms with Crippen molar-refractivity contribution in [3.05, 3.63) is 0 Å². The molecular weight excluding hydrogens is 847 g/mol. The first kappa shape index (κ1) is 111. The van der Waals surface area contributed by atoms with E-state index in [-0.39, 0.29) is 246 Å². The van der Waals surface area contributed by atoms with Crippen LogP contribution in [0.25, 0.3) is 0 Å². The van der Waals surface area contributed by atoms with Crippen LogP contribution in [0.1, 0.15) is 0 Å². The van der Waals surface area contributed by atoms with Gasteiger partial charge in [-0.3, -0.25) is 0 Å². The van der Waals surface area contributed by atoms with E-state index in [1.54, 1.807) is 0 Å². The van der Waals surface area contributed by atoms with Gasteiger partial charge in [0.05, 0.1) is 0 Å². The summed E-state index contributed by atoms with van der Waals surface area (Å²) in [5.41, 5.74) is 0. The van der Waals surface area contributed by atoms with E-state index in [0.717, 1.165) is 0 Å². The van der Waals surface area contributed by atoms with Crippen molar-refractivity contribution in [3.8, 4) is 0 Å². The van der Waals surface area contributed by atoms with Gasteiger partial charge in [-0.05, 0) is 0 Å². The fraction of sp³-hybridized carbons (Fsp3) is 0. The molecule has 37 heteroatoms. The van der Waals surface area contributed by atoms with Crippen LogP contribution in [0.4, 0.5) is 0 Å². The van der Waals surface area contributed by atoms with Crippen molar-refractivity contribution in [2.45, 2.75) is 0 Å². The van der Waals surface area contributed by atoms with Gasteiger partial charge in [-0.15, -0.1) is 0 Å². The summed E-state index contributed by atoms with van der Waals surface area (Å²) in [6.07, 6.45) is 0. The monoisotopic (exact) mass is 840 g/mol. The first-order valence-corrected chi connectivity index (χ1v) is 12.2. The van der Waals surface area contributed by atoms with E-state index in [9.17, 15) is 0 Å². The molecule has 0 heterocycles. The standard InChI is InChI=1S/4Li.4Mg.5O4Si.4Zn/c;;;;;;;;5*1-5(2,3)4;;;;/q4*+1;4*+2;5*-4;4*+2. The summed E-state index contributed by atoms with van der Waals surface area (Å²) >= 11 is 0. The summed E-state index contributed by atoms with van der Waals surface area (Å²) < 4.78 is 0. The number of rotatable bonds is 0. The van der Waals surface area contributed by atoms with E-state index < -0.39 is 45.2 Å². The molecule has 0 saturated heterocycles. The van der Waals surface area contributed by atoms with E-state index in [4.69, 9.17) is 95.9 Å². The van der Waals surface area contributed by atoms with E-state index in [2.05, 4.69) is 0 Å². The Labute approximate surface area is 379 Å². The second-order valence-electron chi connectivity index (χ2n) is 2.50. The summed E-state index contributed by atoms with van der Waals surface area (Å²) in [6.45, 7) is 0. The molecular formula is Li4Mg4O20Si5Zn4. The van der Waals surface area contributed by atoms with Gasteiger partial charge in [0.1, 0.15) is 0 Å². The predicted octanol–water partition coefficient (Wildman–Crippen LogP) is -39.2. The van der Waals surface area contributed by atoms with E-state index in [1.165, 1.54) is 0 Å². The number of hydrogen-bond acceptors (Lipinski definition) is 20. The molecule has 20 nitrogen and oxygen atoms in total. The Morgan fingerprint density at radius 2 is 0.189 bits per heavy atom. The quantitative estimate of drug-likeness (QED) is 0.204. The molecule has 0 spiro atoms. The molecule has 0 atom stereocenters. The summed E-state index contributed by atoms with van der Waals surface area (Å²) in [5.74, 6) is 0. The normalized spacial score (nSPS) is 8.11. The third kappa shape index (κ3) is 1160. The molecule has 0 radical (unpaired) electrons. The molecule has 0 rings (SSSR count). The molecule has 0 unspecified atom stereocenters. The largest absolute Gasteiger partial charge is 2.00 e. The topological polar surface area (TPSA) is 461 Å². The maximum Gasteiger partial charge on any atom is 2.00 e. The second-order valence-corrected chi connectivity index (χ2v) is 7.50. The predicted molar refractivity (Wildman–Crippen MR) is 51.8 cm³/mol. The zero-order valence-electron chi connectivity index (χ0n) is 20.3. The van der Waals surface area contributed by atoms with Crippen LogP contribution in [0, 0.1) is 0 Å². The Balaban J connectivity index is -0.00000000833. The third-order valence-corrected chi connectivity index (χ3v) is 0. The Morgan fingerprint density at radius 3 is 0.189 bits per heavy atom. The molecule has 0 amide bonds. The second kappa shape index (κ2) is 56.6. The third-order valence-electron chi connectivity index (χ3n) is 0. The zero-order chi connectivity index (χ0) is 22.5. The van der Waals surface area contributed by atoms with E-state index >= 15 is 0 Å². The minimum atomic E-state index is -5.61. The van der Waals surface area contributed by atoms with Gasteiger partial charge in [0.15, 0.2) is 0 Å². The van der Waals surface area contributed by atoms with Crippen LogP contribution >= 0.6 is 0 Å². The maximum absolute atomic E-state index is 8.58. The average molecular weight is 847 g/mol. The fourth-order valence-corrected chi connectivity index (χ4v) is 0. The first-order chi connectivity index (χ1) is 10.0. The minimum Gasteiger partial charge on any atom is -0.894 e. The zero-order valence-corrected chi connectivity index (χ0v) is 42.8. The maximum atomic E-state index is 8.58. The van der Waals surface area contributed by atoms with Gasteiger partial charge >= 0.3 is 246 Å². The molecule has 0 aromatic carbocycles. The van der Waals surface area contributed by atoms with Crippen molar-refractivity contribution in [2.75, 3.05) is 0 Å². The van der Waals surface area contributed by atoms with E-state index in [1.807, 2.05) is 0 Å². The molecule has 0 saturated carbocycles. The van der Waals surface area contributed by atoms with Crippen LogP contribution in [0.2, 0.25) is 0 Å². The molecule has 0 bridgehead atoms. The minimum absolute atomic E-state index is 0. The summed E-state index contributed by atoms with van der Waals surface area (Å²) in [7, 11) is -28.1. The van der Waals surface area contributed by atoms with Crippen molar-refractivity contribution in [1.29, 1.82) is 0 Å². The van der Waals surface area contributed by atoms with Crippen LogP contribution in [0.3, 0.4) is 0 Å². The van der Waals surface area contributed by atoms with Crippen LogP contribution in [0.5, 0.6) is 0 Å². The SMILES string of the molecule is [Li+].[Li+].[Li+].[Li+].[Mg+2].[Mg+2].[Mg+2].[Mg+2].[O-][Si]([O-])([O-])[O-].[O-][Si]([O-])([O-])[O-].[O-][Si]([O-])([O-])[O-].[O-][Si]([O-])([O-])[O-].[O-][Si]([O-])([O-])[O-].[Zn+2].[Zn+2].[Zn+2].[Zn+2]. The van der Waals surface area contributed by atoms with Crippen molar-refractivity contribution in [2.24, 2.45) is 0 Å². The molecule has 0 aliphatic heterocycles. The number of hydrogen-bond donors (Lipinski definition) is 0. The molecule has 0 aliphatic carbocycles. The molecule has 0 N–H and O–H groups in total. The summed E-state index contributed by atoms with van der Waals surface area (Å²) in [6, 6.07) is 0.